The summed E-state index contributed by atoms with van der Waals surface area (Å²) in [6.45, 7) is 5.62. The lowest BCUT2D eigenvalue weighted by Gasteiger charge is -2.16. The van der Waals surface area contributed by atoms with Gasteiger partial charge < -0.3 is 10.6 Å². The minimum Gasteiger partial charge on any atom is -0.349 e. The van der Waals surface area contributed by atoms with Crippen LogP contribution in [0.5, 0.6) is 0 Å². The van der Waals surface area contributed by atoms with Crippen LogP contribution in [0, 0.1) is 5.82 Å². The molecule has 2 rings (SSSR count). The Morgan fingerprint density at radius 2 is 2.00 bits per heavy atom. The lowest BCUT2D eigenvalue weighted by Crippen LogP contribution is -2.29. The van der Waals surface area contributed by atoms with Crippen molar-refractivity contribution in [3.63, 3.8) is 0 Å². The zero-order valence-corrected chi connectivity index (χ0v) is 14.3. The van der Waals surface area contributed by atoms with Crippen LogP contribution in [-0.4, -0.2) is 23.2 Å². The van der Waals surface area contributed by atoms with Gasteiger partial charge in [-0.3, -0.25) is 9.59 Å². The minimum atomic E-state index is -0.722. The molecule has 1 atom stereocenters. The highest BCUT2D eigenvalue weighted by Crippen LogP contribution is 2.28. The molecule has 0 heterocycles. The van der Waals surface area contributed by atoms with E-state index in [1.165, 1.54) is 6.07 Å². The van der Waals surface area contributed by atoms with Crippen molar-refractivity contribution in [3.8, 4) is 0 Å². The van der Waals surface area contributed by atoms with Crippen molar-refractivity contribution in [1.29, 1.82) is 0 Å². The van der Waals surface area contributed by atoms with E-state index in [1.807, 2.05) is 13.8 Å². The number of hydrogen-bond acceptors (Lipinski definition) is 2. The van der Waals surface area contributed by atoms with Gasteiger partial charge in [-0.15, -0.1) is 11.6 Å². The third kappa shape index (κ3) is 4.44. The van der Waals surface area contributed by atoms with Crippen molar-refractivity contribution in [3.05, 3.63) is 29.1 Å². The SMILES string of the molecule is CCC(Cl)C(=O)Nc1cc(C(C)C)cc(F)c1C(=O)NC1CC1. The van der Waals surface area contributed by atoms with Crippen LogP contribution in [-0.2, 0) is 4.79 Å². The van der Waals surface area contributed by atoms with E-state index in [0.717, 1.165) is 12.8 Å². The molecule has 0 radical (unpaired) electrons. The smallest absolute Gasteiger partial charge is 0.256 e. The Morgan fingerprint density at radius 3 is 2.52 bits per heavy atom. The first-order chi connectivity index (χ1) is 10.8. The summed E-state index contributed by atoms with van der Waals surface area (Å²) in [6.07, 6.45) is 2.25. The van der Waals surface area contributed by atoms with E-state index in [0.29, 0.717) is 12.0 Å². The first-order valence-corrected chi connectivity index (χ1v) is 8.36. The van der Waals surface area contributed by atoms with Gasteiger partial charge in [0.25, 0.3) is 5.91 Å². The van der Waals surface area contributed by atoms with Gasteiger partial charge in [-0.1, -0.05) is 20.8 Å². The maximum Gasteiger partial charge on any atom is 0.256 e. The van der Waals surface area contributed by atoms with E-state index >= 15 is 0 Å². The average molecular weight is 341 g/mol. The van der Waals surface area contributed by atoms with Gasteiger partial charge in [0.15, 0.2) is 0 Å². The van der Waals surface area contributed by atoms with Crippen molar-refractivity contribution in [2.24, 2.45) is 0 Å². The summed E-state index contributed by atoms with van der Waals surface area (Å²) in [7, 11) is 0. The van der Waals surface area contributed by atoms with Crippen LogP contribution in [0.2, 0.25) is 0 Å². The predicted octanol–water partition coefficient (Wildman–Crippen LogP) is 3.80. The molecular weight excluding hydrogens is 319 g/mol. The molecule has 1 saturated carbocycles. The van der Waals surface area contributed by atoms with Crippen molar-refractivity contribution < 1.29 is 14.0 Å². The van der Waals surface area contributed by atoms with Crippen LogP contribution in [0.25, 0.3) is 0 Å². The summed E-state index contributed by atoms with van der Waals surface area (Å²) in [5.74, 6) is -1.50. The van der Waals surface area contributed by atoms with Crippen LogP contribution in [0.15, 0.2) is 12.1 Å². The number of anilines is 1. The second kappa shape index (κ2) is 7.30. The Balaban J connectivity index is 2.37. The van der Waals surface area contributed by atoms with Crippen molar-refractivity contribution in [1.82, 2.24) is 5.32 Å². The molecule has 2 N–H and O–H groups in total. The van der Waals surface area contributed by atoms with Gasteiger partial charge in [0.2, 0.25) is 5.91 Å². The Bertz CT molecular complexity index is 615. The summed E-state index contributed by atoms with van der Waals surface area (Å²) in [6, 6.07) is 3.10. The predicted molar refractivity (Wildman–Crippen MR) is 89.5 cm³/mol. The van der Waals surface area contributed by atoms with Gasteiger partial charge in [0.1, 0.15) is 11.2 Å². The summed E-state index contributed by atoms with van der Waals surface area (Å²) < 4.78 is 14.5. The Kier molecular flexibility index (Phi) is 5.63. The molecule has 1 aliphatic carbocycles. The molecular formula is C17H22ClFN2O2. The van der Waals surface area contributed by atoms with E-state index in [4.69, 9.17) is 11.6 Å². The molecule has 126 valence electrons. The third-order valence-corrected chi connectivity index (χ3v) is 4.33. The second-order valence-electron chi connectivity index (χ2n) is 6.19. The molecule has 1 aliphatic rings. The molecule has 1 fully saturated rings. The lowest BCUT2D eigenvalue weighted by atomic mass is 9.99. The second-order valence-corrected chi connectivity index (χ2v) is 6.72. The average Bonchev–Trinajstić information content (AvgIpc) is 3.29. The lowest BCUT2D eigenvalue weighted by molar-refractivity contribution is -0.115. The highest BCUT2D eigenvalue weighted by molar-refractivity contribution is 6.32. The van der Waals surface area contributed by atoms with Gasteiger partial charge in [-0.25, -0.2) is 4.39 Å². The molecule has 0 aliphatic heterocycles. The molecule has 2 amide bonds. The Labute approximate surface area is 140 Å². The van der Waals surface area contributed by atoms with E-state index in [-0.39, 0.29) is 23.2 Å². The van der Waals surface area contributed by atoms with Gasteiger partial charge >= 0.3 is 0 Å². The molecule has 6 heteroatoms. The molecule has 1 aromatic carbocycles. The largest absolute Gasteiger partial charge is 0.349 e. The standard InChI is InChI=1S/C17H22ClFN2O2/c1-4-12(18)16(22)21-14-8-10(9(2)3)7-13(19)15(14)17(23)20-11-5-6-11/h7-9,11-12H,4-6H2,1-3H3,(H,20,23)(H,21,22). The number of halogens is 2. The first kappa shape index (κ1) is 17.7. The number of carbonyl (C=O) groups excluding carboxylic acids is 2. The number of rotatable bonds is 6. The van der Waals surface area contributed by atoms with Crippen LogP contribution in [0.4, 0.5) is 10.1 Å². The summed E-state index contributed by atoms with van der Waals surface area (Å²) in [5.41, 5.74) is 0.758. The highest BCUT2D eigenvalue weighted by Gasteiger charge is 2.28. The highest BCUT2D eigenvalue weighted by atomic mass is 35.5. The fourth-order valence-electron chi connectivity index (χ4n) is 2.17. The van der Waals surface area contributed by atoms with Gasteiger partial charge in [0, 0.05) is 6.04 Å². The number of alkyl halides is 1. The summed E-state index contributed by atoms with van der Waals surface area (Å²) in [4.78, 5) is 24.4. The summed E-state index contributed by atoms with van der Waals surface area (Å²) >= 11 is 5.93. The van der Waals surface area contributed by atoms with E-state index in [9.17, 15) is 14.0 Å². The zero-order chi connectivity index (χ0) is 17.1. The van der Waals surface area contributed by atoms with Crippen LogP contribution < -0.4 is 10.6 Å². The maximum atomic E-state index is 14.5. The number of nitrogens with one attached hydrogen (secondary N) is 2. The molecule has 0 bridgehead atoms. The molecule has 1 unspecified atom stereocenters. The van der Waals surface area contributed by atoms with Crippen LogP contribution >= 0.6 is 11.6 Å². The zero-order valence-electron chi connectivity index (χ0n) is 13.6. The summed E-state index contributed by atoms with van der Waals surface area (Å²) in [5, 5.41) is 4.63. The van der Waals surface area contributed by atoms with E-state index < -0.39 is 23.0 Å². The quantitative estimate of drug-likeness (QED) is 0.774. The maximum absolute atomic E-state index is 14.5. The van der Waals surface area contributed by atoms with Gasteiger partial charge in [-0.05, 0) is 42.9 Å². The molecule has 4 nitrogen and oxygen atoms in total. The first-order valence-electron chi connectivity index (χ1n) is 7.92. The van der Waals surface area contributed by atoms with Crippen molar-refractivity contribution in [2.75, 3.05) is 5.32 Å². The van der Waals surface area contributed by atoms with Crippen molar-refractivity contribution in [2.45, 2.75) is 57.4 Å². The van der Waals surface area contributed by atoms with Crippen LogP contribution in [0.3, 0.4) is 0 Å². The Morgan fingerprint density at radius 1 is 1.35 bits per heavy atom. The Hall–Kier alpha value is -1.62. The monoisotopic (exact) mass is 340 g/mol. The third-order valence-electron chi connectivity index (χ3n) is 3.82. The number of amides is 2. The fraction of sp³-hybridized carbons (Fsp3) is 0.529. The molecule has 0 aromatic heterocycles. The normalized spacial score (nSPS) is 15.4. The van der Waals surface area contributed by atoms with Gasteiger partial charge in [-0.2, -0.15) is 0 Å². The molecule has 1 aromatic rings. The van der Waals surface area contributed by atoms with E-state index in [2.05, 4.69) is 10.6 Å². The fourth-order valence-corrected chi connectivity index (χ4v) is 2.23. The molecule has 0 spiro atoms. The number of benzene rings is 1. The molecule has 23 heavy (non-hydrogen) atoms. The molecule has 0 saturated heterocycles. The van der Waals surface area contributed by atoms with E-state index in [1.54, 1.807) is 13.0 Å². The number of hydrogen-bond donors (Lipinski definition) is 2. The number of carbonyl (C=O) groups is 2. The van der Waals surface area contributed by atoms with Crippen LogP contribution in [0.1, 0.15) is 61.9 Å². The minimum absolute atomic E-state index is 0.0682. The van der Waals surface area contributed by atoms with Gasteiger partial charge in [0.05, 0.1) is 11.3 Å². The van der Waals surface area contributed by atoms with Crippen molar-refractivity contribution >= 4 is 29.1 Å². The topological polar surface area (TPSA) is 58.2 Å².